The smallest absolute Gasteiger partial charge is 0.387 e. The average molecular weight is 256 g/mol. The monoisotopic (exact) mass is 256 g/mol. The molecule has 2 rings (SSSR count). The third-order valence-electron chi connectivity index (χ3n) is 2.75. The van der Waals surface area contributed by atoms with Crippen LogP contribution in [0.1, 0.15) is 12.0 Å². The first-order valence-electron chi connectivity index (χ1n) is 5.68. The van der Waals surface area contributed by atoms with E-state index in [0.29, 0.717) is 25.1 Å². The molecule has 2 N–H and O–H groups in total. The summed E-state index contributed by atoms with van der Waals surface area (Å²) < 4.78 is 28.8. The van der Waals surface area contributed by atoms with E-state index < -0.39 is 6.61 Å². The molecule has 0 saturated carbocycles. The maximum atomic E-state index is 12.2. The number of para-hydroxylation sites is 1. The molecule has 6 heteroatoms. The number of nitrogens with one attached hydrogen (secondary N) is 2. The zero-order chi connectivity index (χ0) is 13.0. The van der Waals surface area contributed by atoms with Gasteiger partial charge in [0.2, 0.25) is 5.91 Å². The number of benzene rings is 1. The summed E-state index contributed by atoms with van der Waals surface area (Å²) in [5.41, 5.74) is 0.650. The minimum atomic E-state index is -2.83. The summed E-state index contributed by atoms with van der Waals surface area (Å²) >= 11 is 0. The molecule has 0 spiro atoms. The molecule has 0 radical (unpaired) electrons. The quantitative estimate of drug-likeness (QED) is 0.834. The highest BCUT2D eigenvalue weighted by Gasteiger charge is 2.21. The minimum absolute atomic E-state index is 0.00427. The van der Waals surface area contributed by atoms with Crippen molar-refractivity contribution in [2.45, 2.75) is 25.6 Å². The highest BCUT2D eigenvalue weighted by molar-refractivity contribution is 5.78. The second-order valence-corrected chi connectivity index (χ2v) is 4.07. The lowest BCUT2D eigenvalue weighted by Crippen LogP contribution is -2.30. The molecule has 1 amide bonds. The minimum Gasteiger partial charge on any atom is -0.434 e. The van der Waals surface area contributed by atoms with Crippen molar-refractivity contribution in [3.63, 3.8) is 0 Å². The van der Waals surface area contributed by atoms with Crippen LogP contribution in [0.15, 0.2) is 24.3 Å². The van der Waals surface area contributed by atoms with E-state index >= 15 is 0 Å². The van der Waals surface area contributed by atoms with Crippen LogP contribution < -0.4 is 15.4 Å². The maximum absolute atomic E-state index is 12.2. The summed E-state index contributed by atoms with van der Waals surface area (Å²) in [6.07, 6.45) is 0.415. The molecule has 1 saturated heterocycles. The second kappa shape index (κ2) is 5.77. The molecule has 1 aliphatic rings. The Hall–Kier alpha value is -1.69. The van der Waals surface area contributed by atoms with Gasteiger partial charge in [-0.25, -0.2) is 0 Å². The van der Waals surface area contributed by atoms with Crippen LogP contribution in [0.2, 0.25) is 0 Å². The Morgan fingerprint density at radius 2 is 2.22 bits per heavy atom. The standard InChI is InChI=1S/C12H14F2N2O2/c13-12(14)18-10-4-2-1-3-8(10)6-15-9-5-11(17)16-7-9/h1-4,9,12,15H,5-7H2,(H,16,17). The van der Waals surface area contributed by atoms with Crippen LogP contribution in [0.3, 0.4) is 0 Å². The Morgan fingerprint density at radius 1 is 1.44 bits per heavy atom. The molecule has 1 aromatic carbocycles. The number of carbonyl (C=O) groups excluding carboxylic acids is 1. The molecule has 4 nitrogen and oxygen atoms in total. The topological polar surface area (TPSA) is 50.4 Å². The fourth-order valence-corrected chi connectivity index (χ4v) is 1.86. The van der Waals surface area contributed by atoms with Gasteiger partial charge in [-0.15, -0.1) is 0 Å². The van der Waals surface area contributed by atoms with Gasteiger partial charge in [-0.3, -0.25) is 4.79 Å². The van der Waals surface area contributed by atoms with Crippen LogP contribution in [0.4, 0.5) is 8.78 Å². The van der Waals surface area contributed by atoms with Gasteiger partial charge in [0.25, 0.3) is 0 Å². The Kier molecular flexibility index (Phi) is 4.09. The van der Waals surface area contributed by atoms with Gasteiger partial charge in [0.05, 0.1) is 0 Å². The van der Waals surface area contributed by atoms with E-state index in [0.717, 1.165) is 0 Å². The van der Waals surface area contributed by atoms with Gasteiger partial charge in [-0.1, -0.05) is 18.2 Å². The fraction of sp³-hybridized carbons (Fsp3) is 0.417. The highest BCUT2D eigenvalue weighted by atomic mass is 19.3. The van der Waals surface area contributed by atoms with Crippen LogP contribution in [0.25, 0.3) is 0 Å². The predicted octanol–water partition coefficient (Wildman–Crippen LogP) is 1.27. The van der Waals surface area contributed by atoms with E-state index in [1.165, 1.54) is 6.07 Å². The van der Waals surface area contributed by atoms with Gasteiger partial charge in [0.15, 0.2) is 0 Å². The predicted molar refractivity (Wildman–Crippen MR) is 61.3 cm³/mol. The molecule has 1 heterocycles. The zero-order valence-corrected chi connectivity index (χ0v) is 9.66. The first kappa shape index (κ1) is 12.8. The zero-order valence-electron chi connectivity index (χ0n) is 9.66. The fourth-order valence-electron chi connectivity index (χ4n) is 1.86. The number of alkyl halides is 2. The van der Waals surface area contributed by atoms with Crippen molar-refractivity contribution in [3.05, 3.63) is 29.8 Å². The first-order chi connectivity index (χ1) is 8.65. The lowest BCUT2D eigenvalue weighted by atomic mass is 10.2. The SMILES string of the molecule is O=C1CC(NCc2ccccc2OC(F)F)CN1. The Morgan fingerprint density at radius 3 is 2.89 bits per heavy atom. The molecule has 1 aliphatic heterocycles. The van der Waals surface area contributed by atoms with Gasteiger partial charge in [0, 0.05) is 31.1 Å². The molecule has 18 heavy (non-hydrogen) atoms. The van der Waals surface area contributed by atoms with Gasteiger partial charge in [-0.2, -0.15) is 8.78 Å². The van der Waals surface area contributed by atoms with Crippen LogP contribution in [0, 0.1) is 0 Å². The third kappa shape index (κ3) is 3.40. The molecule has 0 aromatic heterocycles. The summed E-state index contributed by atoms with van der Waals surface area (Å²) in [4.78, 5) is 11.0. The molecular weight excluding hydrogens is 242 g/mol. The van der Waals surface area contributed by atoms with Gasteiger partial charge < -0.3 is 15.4 Å². The summed E-state index contributed by atoms with van der Waals surface area (Å²) in [5.74, 6) is 0.168. The van der Waals surface area contributed by atoms with E-state index in [1.807, 2.05) is 0 Å². The van der Waals surface area contributed by atoms with Gasteiger partial charge in [0.1, 0.15) is 5.75 Å². The van der Waals surface area contributed by atoms with E-state index in [9.17, 15) is 13.6 Å². The summed E-state index contributed by atoms with van der Waals surface area (Å²) in [6, 6.07) is 6.66. The average Bonchev–Trinajstić information content (AvgIpc) is 2.73. The van der Waals surface area contributed by atoms with E-state index in [2.05, 4.69) is 15.4 Å². The number of amides is 1. The summed E-state index contributed by atoms with van der Waals surface area (Å²) in [7, 11) is 0. The second-order valence-electron chi connectivity index (χ2n) is 4.07. The molecule has 1 unspecified atom stereocenters. The van der Waals surface area contributed by atoms with E-state index in [-0.39, 0.29) is 17.7 Å². The van der Waals surface area contributed by atoms with Crippen molar-refractivity contribution in [1.82, 2.24) is 10.6 Å². The number of ether oxygens (including phenoxy) is 1. The largest absolute Gasteiger partial charge is 0.434 e. The number of rotatable bonds is 5. The van der Waals surface area contributed by atoms with Gasteiger partial charge in [-0.05, 0) is 6.07 Å². The number of halogens is 2. The van der Waals surface area contributed by atoms with Crippen LogP contribution in [-0.2, 0) is 11.3 Å². The van der Waals surface area contributed by atoms with Crippen molar-refractivity contribution < 1.29 is 18.3 Å². The van der Waals surface area contributed by atoms with E-state index in [4.69, 9.17) is 0 Å². The third-order valence-corrected chi connectivity index (χ3v) is 2.75. The van der Waals surface area contributed by atoms with Crippen molar-refractivity contribution >= 4 is 5.91 Å². The number of hydrogen-bond donors (Lipinski definition) is 2. The summed E-state index contributed by atoms with van der Waals surface area (Å²) in [5, 5.41) is 5.83. The normalized spacial score (nSPS) is 19.1. The maximum Gasteiger partial charge on any atom is 0.387 e. The van der Waals surface area contributed by atoms with Crippen molar-refractivity contribution in [3.8, 4) is 5.75 Å². The molecule has 0 bridgehead atoms. The van der Waals surface area contributed by atoms with Crippen molar-refractivity contribution in [2.75, 3.05) is 6.54 Å². The molecule has 1 aromatic rings. The van der Waals surface area contributed by atoms with Crippen LogP contribution in [-0.4, -0.2) is 25.1 Å². The molecule has 1 atom stereocenters. The number of hydrogen-bond acceptors (Lipinski definition) is 3. The van der Waals surface area contributed by atoms with Crippen molar-refractivity contribution in [1.29, 1.82) is 0 Å². The Labute approximate surface area is 103 Å². The number of carbonyl (C=O) groups is 1. The first-order valence-corrected chi connectivity index (χ1v) is 5.68. The van der Waals surface area contributed by atoms with Crippen molar-refractivity contribution in [2.24, 2.45) is 0 Å². The highest BCUT2D eigenvalue weighted by Crippen LogP contribution is 2.20. The van der Waals surface area contributed by atoms with Crippen LogP contribution in [0.5, 0.6) is 5.75 Å². The summed E-state index contributed by atoms with van der Waals surface area (Å²) in [6.45, 7) is -1.87. The Balaban J connectivity index is 1.94. The Bertz CT molecular complexity index is 426. The lowest BCUT2D eigenvalue weighted by molar-refractivity contribution is -0.119. The van der Waals surface area contributed by atoms with E-state index in [1.54, 1.807) is 18.2 Å². The molecular formula is C12H14F2N2O2. The molecule has 1 fully saturated rings. The lowest BCUT2D eigenvalue weighted by Gasteiger charge is -2.13. The van der Waals surface area contributed by atoms with Crippen LogP contribution >= 0.6 is 0 Å². The molecule has 0 aliphatic carbocycles. The molecule has 98 valence electrons. The van der Waals surface area contributed by atoms with Gasteiger partial charge >= 0.3 is 6.61 Å².